The molecule has 13 heavy (non-hydrogen) atoms. The van der Waals surface area contributed by atoms with Crippen molar-refractivity contribution in [1.82, 2.24) is 0 Å². The minimum absolute atomic E-state index is 0. The van der Waals surface area contributed by atoms with Crippen LogP contribution in [0.25, 0.3) is 0 Å². The van der Waals surface area contributed by atoms with Crippen LogP contribution in [0.5, 0.6) is 0 Å². The molecule has 0 unspecified atom stereocenters. The summed E-state index contributed by atoms with van der Waals surface area (Å²) < 4.78 is 0. The van der Waals surface area contributed by atoms with E-state index in [0.29, 0.717) is 0 Å². The molecule has 68 valence electrons. The molecule has 0 bridgehead atoms. The maximum absolute atomic E-state index is 2.08. The van der Waals surface area contributed by atoms with Gasteiger partial charge in [-0.05, 0) is 0 Å². The van der Waals surface area contributed by atoms with Crippen LogP contribution in [0.15, 0.2) is 48.5 Å². The Kier molecular flexibility index (Phi) is 6.32. The minimum Gasteiger partial charge on any atom is -0.213 e. The van der Waals surface area contributed by atoms with Gasteiger partial charge in [-0.2, -0.15) is 35.4 Å². The Labute approximate surface area is 91.1 Å². The smallest absolute Gasteiger partial charge is 0.213 e. The molecule has 0 aliphatic carbocycles. The number of rotatable bonds is 0. The predicted octanol–water partition coefficient (Wildman–Crippen LogP) is 3.43. The predicted molar refractivity (Wildman–Crippen MR) is 53.5 cm³/mol. The monoisotopic (exact) mass is 210 g/mol. The Balaban J connectivity index is 0.000000206. The van der Waals surface area contributed by atoms with Crippen molar-refractivity contribution < 1.29 is 17.4 Å². The van der Waals surface area contributed by atoms with Crippen molar-refractivity contribution in [1.29, 1.82) is 0 Å². The van der Waals surface area contributed by atoms with Gasteiger partial charge in [0.15, 0.2) is 0 Å². The molecule has 0 radical (unpaired) electrons. The summed E-state index contributed by atoms with van der Waals surface area (Å²) in [7, 11) is 0. The summed E-state index contributed by atoms with van der Waals surface area (Å²) in [6, 6.07) is 16.5. The largest absolute Gasteiger partial charge is 2.00 e. The van der Waals surface area contributed by atoms with E-state index >= 15 is 0 Å². The summed E-state index contributed by atoms with van der Waals surface area (Å²) in [6.07, 6.45) is 0. The van der Waals surface area contributed by atoms with Gasteiger partial charge < -0.3 is 0 Å². The summed E-state index contributed by atoms with van der Waals surface area (Å²) >= 11 is 0. The molecule has 2 aromatic carbocycles. The second-order valence-corrected chi connectivity index (χ2v) is 2.92. The van der Waals surface area contributed by atoms with Crippen molar-refractivity contribution in [2.24, 2.45) is 0 Å². The van der Waals surface area contributed by atoms with Crippen molar-refractivity contribution in [2.45, 2.75) is 13.8 Å². The zero-order chi connectivity index (χ0) is 8.81. The summed E-state index contributed by atoms with van der Waals surface area (Å²) in [5.74, 6) is 0. The molecular weight excluding hydrogens is 196 g/mol. The summed E-state index contributed by atoms with van der Waals surface area (Å²) in [5, 5.41) is 0. The normalized spacial score (nSPS) is 8.15. The van der Waals surface area contributed by atoms with E-state index in [1.807, 2.05) is 24.3 Å². The summed E-state index contributed by atoms with van der Waals surface area (Å²) in [6.45, 7) is 4.17. The van der Waals surface area contributed by atoms with Gasteiger partial charge in [0.25, 0.3) is 0 Å². The first-order valence-electron chi connectivity index (χ1n) is 4.15. The van der Waals surface area contributed by atoms with Crippen LogP contribution in [-0.2, 0) is 17.4 Å². The van der Waals surface area contributed by atoms with Gasteiger partial charge in [-0.25, -0.2) is 24.3 Å². The van der Waals surface area contributed by atoms with Crippen molar-refractivity contribution in [3.05, 3.63) is 59.7 Å². The van der Waals surface area contributed by atoms with Gasteiger partial charge in [0.1, 0.15) is 0 Å². The van der Waals surface area contributed by atoms with E-state index in [4.69, 9.17) is 0 Å². The van der Waals surface area contributed by atoms with Crippen LogP contribution < -0.4 is 0 Å². The topological polar surface area (TPSA) is 0 Å². The summed E-state index contributed by atoms with van der Waals surface area (Å²) in [4.78, 5) is 0. The van der Waals surface area contributed by atoms with Gasteiger partial charge in [-0.3, -0.25) is 0 Å². The van der Waals surface area contributed by atoms with E-state index in [1.54, 1.807) is 0 Å². The number of hydrogen-bond acceptors (Lipinski definition) is 0. The van der Waals surface area contributed by atoms with Crippen LogP contribution in [0.4, 0.5) is 0 Å². The summed E-state index contributed by atoms with van der Waals surface area (Å²) in [5.41, 5.74) is 2.69. The Morgan fingerprint density at radius 3 is 1.31 bits per heavy atom. The van der Waals surface area contributed by atoms with Crippen LogP contribution in [0.2, 0.25) is 0 Å². The van der Waals surface area contributed by atoms with E-state index in [-0.39, 0.29) is 17.4 Å². The van der Waals surface area contributed by atoms with E-state index in [9.17, 15) is 0 Å². The van der Waals surface area contributed by atoms with Crippen LogP contribution in [0.3, 0.4) is 0 Å². The van der Waals surface area contributed by atoms with Crippen LogP contribution in [-0.4, -0.2) is 0 Å². The van der Waals surface area contributed by atoms with E-state index in [2.05, 4.69) is 38.1 Å². The molecule has 0 atom stereocenters. The first-order valence-corrected chi connectivity index (χ1v) is 4.15. The number of hydrogen-bond donors (Lipinski definition) is 0. The standard InChI is InChI=1S/2C6H7.Cr/c2*1-6-4-2-3-5-6;/h2*2-5H,1H3;/q2*-1;+2. The molecule has 0 heterocycles. The van der Waals surface area contributed by atoms with E-state index in [1.165, 1.54) is 11.1 Å². The van der Waals surface area contributed by atoms with Crippen LogP contribution in [0.1, 0.15) is 11.1 Å². The Hall–Kier alpha value is -0.768. The molecule has 0 aliphatic rings. The molecule has 2 aromatic rings. The average Bonchev–Trinajstić information content (AvgIpc) is 2.63. The minimum atomic E-state index is 0. The molecule has 1 heteroatoms. The first-order chi connectivity index (χ1) is 5.79. The van der Waals surface area contributed by atoms with Gasteiger partial charge in [0, 0.05) is 0 Å². The third-order valence-corrected chi connectivity index (χ3v) is 1.66. The Bertz CT molecular complexity index is 245. The quantitative estimate of drug-likeness (QED) is 0.584. The van der Waals surface area contributed by atoms with Crippen molar-refractivity contribution >= 4 is 0 Å². The fourth-order valence-corrected chi connectivity index (χ4v) is 0.940. The zero-order valence-corrected chi connectivity index (χ0v) is 9.30. The van der Waals surface area contributed by atoms with E-state index < -0.39 is 0 Å². The molecule has 0 fully saturated rings. The molecule has 0 saturated carbocycles. The fraction of sp³-hybridized carbons (Fsp3) is 0.167. The molecule has 0 aliphatic heterocycles. The zero-order valence-electron chi connectivity index (χ0n) is 8.03. The molecule has 0 nitrogen and oxygen atoms in total. The fourth-order valence-electron chi connectivity index (χ4n) is 0.940. The second-order valence-electron chi connectivity index (χ2n) is 2.92. The van der Waals surface area contributed by atoms with Crippen molar-refractivity contribution in [2.75, 3.05) is 0 Å². The van der Waals surface area contributed by atoms with Crippen LogP contribution >= 0.6 is 0 Å². The molecule has 0 aromatic heterocycles. The molecule has 0 spiro atoms. The average molecular weight is 210 g/mol. The third-order valence-electron chi connectivity index (χ3n) is 1.66. The van der Waals surface area contributed by atoms with Gasteiger partial charge in [-0.1, -0.05) is 13.8 Å². The Morgan fingerprint density at radius 2 is 1.23 bits per heavy atom. The van der Waals surface area contributed by atoms with Crippen molar-refractivity contribution in [3.8, 4) is 0 Å². The third kappa shape index (κ3) is 5.47. The Morgan fingerprint density at radius 1 is 0.846 bits per heavy atom. The van der Waals surface area contributed by atoms with E-state index in [0.717, 1.165) is 0 Å². The van der Waals surface area contributed by atoms with Gasteiger partial charge >= 0.3 is 17.4 Å². The SMILES string of the molecule is Cc1ccc[cH-]1.Cc1ccc[cH-]1.[Cr+2]. The molecular formula is C12H14Cr. The molecule has 2 rings (SSSR count). The van der Waals surface area contributed by atoms with Crippen molar-refractivity contribution in [3.63, 3.8) is 0 Å². The molecule has 0 saturated heterocycles. The van der Waals surface area contributed by atoms with Gasteiger partial charge in [0.2, 0.25) is 0 Å². The number of aryl methyl sites for hydroxylation is 2. The first kappa shape index (κ1) is 12.2. The second kappa shape index (κ2) is 6.72. The van der Waals surface area contributed by atoms with Gasteiger partial charge in [0.05, 0.1) is 0 Å². The molecule has 0 amide bonds. The van der Waals surface area contributed by atoms with Gasteiger partial charge in [-0.15, -0.1) is 0 Å². The van der Waals surface area contributed by atoms with Crippen LogP contribution in [0, 0.1) is 13.8 Å². The molecule has 0 N–H and O–H groups in total. The maximum atomic E-state index is 2.08. The maximum Gasteiger partial charge on any atom is 2.00 e.